The predicted molar refractivity (Wildman–Crippen MR) is 134 cm³/mol. The fourth-order valence-corrected chi connectivity index (χ4v) is 5.11. The second kappa shape index (κ2) is 12.4. The van der Waals surface area contributed by atoms with E-state index in [1.165, 1.54) is 16.9 Å². The summed E-state index contributed by atoms with van der Waals surface area (Å²) in [5.74, 6) is -1.53. The third-order valence-corrected chi connectivity index (χ3v) is 6.86. The van der Waals surface area contributed by atoms with Gasteiger partial charge < -0.3 is 29.9 Å². The van der Waals surface area contributed by atoms with Crippen LogP contribution in [0.15, 0.2) is 12.2 Å². The van der Waals surface area contributed by atoms with E-state index in [0.29, 0.717) is 64.5 Å². The standard InChI is InChI=1S/C26H40N4O7/c1-26(2,3)37-25(35)28-17-11-7-5-6-8-12-18(24(34)36-4)27-21(31)19-13-9-15-29(19)23(33)20-14-10-16-30(20)22(17)32/h5-6,17-20H,7-16H2,1-4H3,(H,27,31)(H,28,35). The molecule has 0 bridgehead atoms. The van der Waals surface area contributed by atoms with Crippen LogP contribution in [0.3, 0.4) is 0 Å². The molecule has 0 aliphatic carbocycles. The van der Waals surface area contributed by atoms with Crippen molar-refractivity contribution in [2.75, 3.05) is 20.2 Å². The van der Waals surface area contributed by atoms with Gasteiger partial charge in [-0.15, -0.1) is 0 Å². The van der Waals surface area contributed by atoms with Gasteiger partial charge in [-0.1, -0.05) is 12.2 Å². The van der Waals surface area contributed by atoms with E-state index in [1.54, 1.807) is 20.8 Å². The van der Waals surface area contributed by atoms with E-state index in [2.05, 4.69) is 10.6 Å². The Labute approximate surface area is 218 Å². The number of methoxy groups -OCH3 is 1. The Hall–Kier alpha value is -3.11. The van der Waals surface area contributed by atoms with Crippen LogP contribution in [0.2, 0.25) is 0 Å². The Bertz CT molecular complexity index is 913. The summed E-state index contributed by atoms with van der Waals surface area (Å²) in [5.41, 5.74) is -0.723. The van der Waals surface area contributed by atoms with Crippen molar-refractivity contribution in [1.29, 1.82) is 0 Å². The van der Waals surface area contributed by atoms with E-state index in [1.807, 2.05) is 12.2 Å². The zero-order valence-corrected chi connectivity index (χ0v) is 22.3. The first-order valence-corrected chi connectivity index (χ1v) is 13.2. The number of alkyl carbamates (subject to hydrolysis) is 1. The highest BCUT2D eigenvalue weighted by Crippen LogP contribution is 2.26. The largest absolute Gasteiger partial charge is 0.467 e. The molecule has 4 amide bonds. The van der Waals surface area contributed by atoms with Gasteiger partial charge in [0.1, 0.15) is 29.8 Å². The van der Waals surface area contributed by atoms with Crippen LogP contribution in [-0.4, -0.2) is 89.6 Å². The number of allylic oxidation sites excluding steroid dienone is 2. The number of hydrogen-bond donors (Lipinski definition) is 2. The smallest absolute Gasteiger partial charge is 0.408 e. The summed E-state index contributed by atoms with van der Waals surface area (Å²) < 4.78 is 10.2. The summed E-state index contributed by atoms with van der Waals surface area (Å²) in [7, 11) is 1.28. The molecule has 11 nitrogen and oxygen atoms in total. The minimum absolute atomic E-state index is 0.277. The number of nitrogens with one attached hydrogen (secondary N) is 2. The van der Waals surface area contributed by atoms with Crippen molar-refractivity contribution in [3.63, 3.8) is 0 Å². The van der Waals surface area contributed by atoms with Gasteiger partial charge in [-0.25, -0.2) is 9.59 Å². The quantitative estimate of drug-likeness (QED) is 0.418. The van der Waals surface area contributed by atoms with E-state index in [-0.39, 0.29) is 11.8 Å². The van der Waals surface area contributed by atoms with Gasteiger partial charge in [0, 0.05) is 13.1 Å². The highest BCUT2D eigenvalue weighted by molar-refractivity contribution is 5.95. The van der Waals surface area contributed by atoms with Crippen molar-refractivity contribution >= 4 is 29.8 Å². The molecule has 11 heteroatoms. The lowest BCUT2D eigenvalue weighted by molar-refractivity contribution is -0.149. The van der Waals surface area contributed by atoms with Crippen LogP contribution < -0.4 is 10.6 Å². The van der Waals surface area contributed by atoms with Gasteiger partial charge >= 0.3 is 12.1 Å². The second-order valence-electron chi connectivity index (χ2n) is 10.8. The van der Waals surface area contributed by atoms with Gasteiger partial charge in [-0.3, -0.25) is 14.4 Å². The number of amides is 4. The molecule has 3 heterocycles. The van der Waals surface area contributed by atoms with Crippen LogP contribution in [0.4, 0.5) is 4.79 Å². The Morgan fingerprint density at radius 3 is 2.14 bits per heavy atom. The third kappa shape index (κ3) is 7.45. The van der Waals surface area contributed by atoms with Crippen molar-refractivity contribution < 1.29 is 33.4 Å². The van der Waals surface area contributed by atoms with Crippen molar-refractivity contribution in [3.05, 3.63) is 12.2 Å². The summed E-state index contributed by atoms with van der Waals surface area (Å²) >= 11 is 0. The Morgan fingerprint density at radius 2 is 1.51 bits per heavy atom. The molecule has 0 radical (unpaired) electrons. The summed E-state index contributed by atoms with van der Waals surface area (Å²) in [5, 5.41) is 5.48. The number of esters is 1. The lowest BCUT2D eigenvalue weighted by Crippen LogP contribution is -2.57. The minimum Gasteiger partial charge on any atom is -0.467 e. The number of rotatable bonds is 2. The monoisotopic (exact) mass is 520 g/mol. The molecule has 37 heavy (non-hydrogen) atoms. The lowest BCUT2D eigenvalue weighted by atomic mass is 10.1. The highest BCUT2D eigenvalue weighted by atomic mass is 16.6. The summed E-state index contributed by atoms with van der Waals surface area (Å²) in [6.07, 6.45) is 6.99. The van der Waals surface area contributed by atoms with Gasteiger partial charge in [-0.05, 0) is 72.1 Å². The van der Waals surface area contributed by atoms with Gasteiger partial charge in [-0.2, -0.15) is 0 Å². The average Bonchev–Trinajstić information content (AvgIpc) is 3.51. The van der Waals surface area contributed by atoms with Crippen molar-refractivity contribution in [2.24, 2.45) is 0 Å². The molecule has 4 atom stereocenters. The van der Waals surface area contributed by atoms with Crippen LogP contribution in [0, 0.1) is 0 Å². The topological polar surface area (TPSA) is 134 Å². The lowest BCUT2D eigenvalue weighted by Gasteiger charge is -2.33. The maximum absolute atomic E-state index is 13.6. The molecule has 2 fully saturated rings. The van der Waals surface area contributed by atoms with E-state index < -0.39 is 47.7 Å². The molecular formula is C26H40N4O7. The third-order valence-electron chi connectivity index (χ3n) is 6.86. The van der Waals surface area contributed by atoms with Gasteiger partial charge in [0.25, 0.3) is 0 Å². The molecule has 206 valence electrons. The van der Waals surface area contributed by atoms with Crippen molar-refractivity contribution in [1.82, 2.24) is 20.4 Å². The SMILES string of the molecule is COC(=O)C1CCC=CCCC(NC(=O)OC(C)(C)C)C(=O)N2CCCC2C(=O)N2CCCC2C(=O)N1. The van der Waals surface area contributed by atoms with Gasteiger partial charge in [0.15, 0.2) is 0 Å². The average molecular weight is 521 g/mol. The molecule has 0 spiro atoms. The van der Waals surface area contributed by atoms with Crippen molar-refractivity contribution in [3.8, 4) is 0 Å². The number of carbonyl (C=O) groups excluding carboxylic acids is 5. The summed E-state index contributed by atoms with van der Waals surface area (Å²) in [4.78, 5) is 68.2. The maximum atomic E-state index is 13.6. The Morgan fingerprint density at radius 1 is 0.919 bits per heavy atom. The first-order valence-electron chi connectivity index (χ1n) is 13.2. The number of nitrogens with zero attached hydrogens (tertiary/aromatic N) is 2. The van der Waals surface area contributed by atoms with Crippen LogP contribution in [0.1, 0.15) is 72.1 Å². The van der Waals surface area contributed by atoms with Gasteiger partial charge in [0.05, 0.1) is 7.11 Å². The molecule has 0 saturated carbocycles. The van der Waals surface area contributed by atoms with E-state index in [4.69, 9.17) is 9.47 Å². The number of fused-ring (bicyclic) bond motifs is 2. The molecule has 2 N–H and O–H groups in total. The zero-order valence-electron chi connectivity index (χ0n) is 22.3. The fraction of sp³-hybridized carbons (Fsp3) is 0.731. The summed E-state index contributed by atoms with van der Waals surface area (Å²) in [6.45, 7) is 6.04. The first kappa shape index (κ1) is 28.5. The predicted octanol–water partition coefficient (Wildman–Crippen LogP) is 1.65. The minimum atomic E-state index is -0.860. The normalized spacial score (nSPS) is 27.8. The molecule has 0 aromatic rings. The zero-order chi connectivity index (χ0) is 27.2. The molecule has 0 aromatic carbocycles. The fourth-order valence-electron chi connectivity index (χ4n) is 5.11. The number of hydrogen-bond acceptors (Lipinski definition) is 7. The van der Waals surface area contributed by atoms with Crippen LogP contribution >= 0.6 is 0 Å². The van der Waals surface area contributed by atoms with E-state index in [0.717, 1.165) is 0 Å². The molecule has 2 saturated heterocycles. The number of carbonyl (C=O) groups is 5. The number of ether oxygens (including phenoxy) is 2. The first-order chi connectivity index (χ1) is 17.5. The van der Waals surface area contributed by atoms with Crippen LogP contribution in [0.25, 0.3) is 0 Å². The molecular weight excluding hydrogens is 480 g/mol. The molecule has 3 rings (SSSR count). The van der Waals surface area contributed by atoms with E-state index >= 15 is 0 Å². The van der Waals surface area contributed by atoms with Crippen LogP contribution in [0.5, 0.6) is 0 Å². The Balaban J connectivity index is 1.87. The highest BCUT2D eigenvalue weighted by Gasteiger charge is 2.44. The summed E-state index contributed by atoms with van der Waals surface area (Å²) in [6, 6.07) is -3.10. The molecule has 3 aliphatic rings. The molecule has 3 aliphatic heterocycles. The maximum Gasteiger partial charge on any atom is 0.408 e. The van der Waals surface area contributed by atoms with Gasteiger partial charge in [0.2, 0.25) is 17.7 Å². The second-order valence-corrected chi connectivity index (χ2v) is 10.8. The van der Waals surface area contributed by atoms with Crippen molar-refractivity contribution in [2.45, 2.75) is 102 Å². The van der Waals surface area contributed by atoms with E-state index in [9.17, 15) is 24.0 Å². The Kier molecular flexibility index (Phi) is 9.56. The molecule has 0 aromatic heterocycles. The van der Waals surface area contributed by atoms with Crippen LogP contribution in [-0.2, 0) is 28.7 Å². The molecule has 4 unspecified atom stereocenters.